The zero-order valence-corrected chi connectivity index (χ0v) is 8.19. The van der Waals surface area contributed by atoms with Gasteiger partial charge in [0.15, 0.2) is 0 Å². The van der Waals surface area contributed by atoms with Gasteiger partial charge in [0.2, 0.25) is 5.91 Å². The fraction of sp³-hybridized carbons (Fsp3) is 0.444. The molecule has 0 aliphatic heterocycles. The first-order valence-electron chi connectivity index (χ1n) is 4.29. The van der Waals surface area contributed by atoms with Crippen molar-refractivity contribution in [1.29, 1.82) is 5.26 Å². The smallest absolute Gasteiger partial charge is 0.237 e. The van der Waals surface area contributed by atoms with Crippen molar-refractivity contribution in [1.82, 2.24) is 15.1 Å². The van der Waals surface area contributed by atoms with Crippen LogP contribution in [0.5, 0.6) is 0 Å². The van der Waals surface area contributed by atoms with Gasteiger partial charge in [0.25, 0.3) is 0 Å². The van der Waals surface area contributed by atoms with E-state index in [4.69, 9.17) is 5.26 Å². The lowest BCUT2D eigenvalue weighted by molar-refractivity contribution is -0.123. The van der Waals surface area contributed by atoms with Gasteiger partial charge in [-0.05, 0) is 13.0 Å². The number of nitriles is 1. The van der Waals surface area contributed by atoms with E-state index in [0.29, 0.717) is 6.54 Å². The third-order valence-corrected chi connectivity index (χ3v) is 1.80. The van der Waals surface area contributed by atoms with Crippen molar-refractivity contribution in [3.05, 3.63) is 18.0 Å². The van der Waals surface area contributed by atoms with Crippen LogP contribution in [0.1, 0.15) is 12.6 Å². The van der Waals surface area contributed by atoms with E-state index in [1.54, 1.807) is 17.8 Å². The minimum atomic E-state index is -0.612. The van der Waals surface area contributed by atoms with Crippen LogP contribution in [0.3, 0.4) is 0 Å². The third-order valence-electron chi connectivity index (χ3n) is 1.80. The van der Waals surface area contributed by atoms with E-state index < -0.39 is 5.92 Å². The average molecular weight is 192 g/mol. The zero-order valence-electron chi connectivity index (χ0n) is 8.19. The van der Waals surface area contributed by atoms with Crippen molar-refractivity contribution in [3.8, 4) is 6.07 Å². The number of hydrogen-bond donors (Lipinski definition) is 1. The molecule has 1 unspecified atom stereocenters. The number of nitrogens with zero attached hydrogens (tertiary/aromatic N) is 3. The number of amides is 1. The molecular weight excluding hydrogens is 180 g/mol. The molecule has 74 valence electrons. The van der Waals surface area contributed by atoms with E-state index in [9.17, 15) is 4.79 Å². The molecule has 0 saturated carbocycles. The van der Waals surface area contributed by atoms with E-state index >= 15 is 0 Å². The minimum Gasteiger partial charge on any atom is -0.349 e. The maximum Gasteiger partial charge on any atom is 0.237 e. The van der Waals surface area contributed by atoms with E-state index in [1.165, 1.54) is 0 Å². The predicted molar refractivity (Wildman–Crippen MR) is 49.8 cm³/mol. The maximum atomic E-state index is 11.2. The lowest BCUT2D eigenvalue weighted by atomic mass is 10.2. The molecule has 14 heavy (non-hydrogen) atoms. The van der Waals surface area contributed by atoms with E-state index in [0.717, 1.165) is 5.69 Å². The molecule has 1 rings (SSSR count). The standard InChI is InChI=1S/C9H12N4O/c1-7(5-10)9(14)11-6-8-3-4-13(2)12-8/h3-4,7H,6H2,1-2H3,(H,11,14). The second-order valence-corrected chi connectivity index (χ2v) is 3.05. The lowest BCUT2D eigenvalue weighted by Gasteiger charge is -2.03. The summed E-state index contributed by atoms with van der Waals surface area (Å²) >= 11 is 0. The molecule has 0 aliphatic carbocycles. The van der Waals surface area contributed by atoms with Crippen LogP contribution in [0.15, 0.2) is 12.3 Å². The topological polar surface area (TPSA) is 70.7 Å². The molecule has 1 amide bonds. The van der Waals surface area contributed by atoms with E-state index in [1.807, 2.05) is 19.2 Å². The van der Waals surface area contributed by atoms with Crippen molar-refractivity contribution in [2.45, 2.75) is 13.5 Å². The molecule has 0 fully saturated rings. The van der Waals surface area contributed by atoms with Crippen molar-refractivity contribution in [2.24, 2.45) is 13.0 Å². The molecule has 1 aromatic heterocycles. The maximum absolute atomic E-state index is 11.2. The van der Waals surface area contributed by atoms with Gasteiger partial charge in [0.1, 0.15) is 5.92 Å². The van der Waals surface area contributed by atoms with Gasteiger partial charge in [0, 0.05) is 13.2 Å². The summed E-state index contributed by atoms with van der Waals surface area (Å²) in [6.45, 7) is 1.93. The van der Waals surface area contributed by atoms with Crippen LogP contribution in [0, 0.1) is 17.2 Å². The fourth-order valence-electron chi connectivity index (χ4n) is 0.947. The zero-order chi connectivity index (χ0) is 10.6. The van der Waals surface area contributed by atoms with E-state index in [2.05, 4.69) is 10.4 Å². The molecular formula is C9H12N4O. The number of nitrogens with one attached hydrogen (secondary N) is 1. The quantitative estimate of drug-likeness (QED) is 0.743. The number of carbonyl (C=O) groups is 1. The summed E-state index contributed by atoms with van der Waals surface area (Å²) in [5, 5.41) is 15.2. The van der Waals surface area contributed by atoms with Crippen LogP contribution < -0.4 is 5.32 Å². The number of rotatable bonds is 3. The van der Waals surface area contributed by atoms with Gasteiger partial charge < -0.3 is 5.32 Å². The van der Waals surface area contributed by atoms with Crippen LogP contribution in [0.25, 0.3) is 0 Å². The molecule has 0 saturated heterocycles. The molecule has 0 aromatic carbocycles. The highest BCUT2D eigenvalue weighted by Crippen LogP contribution is 1.95. The summed E-state index contributed by atoms with van der Waals surface area (Å²) in [4.78, 5) is 11.2. The summed E-state index contributed by atoms with van der Waals surface area (Å²) < 4.78 is 1.66. The molecule has 0 bridgehead atoms. The number of carbonyl (C=O) groups excluding carboxylic acids is 1. The van der Waals surface area contributed by atoms with Crippen LogP contribution in [0.2, 0.25) is 0 Å². The Bertz CT molecular complexity index is 363. The lowest BCUT2D eigenvalue weighted by Crippen LogP contribution is -2.28. The van der Waals surface area contributed by atoms with Crippen molar-refractivity contribution in [2.75, 3.05) is 0 Å². The molecule has 1 heterocycles. The highest BCUT2D eigenvalue weighted by molar-refractivity contribution is 5.80. The van der Waals surface area contributed by atoms with Gasteiger partial charge in [-0.25, -0.2) is 0 Å². The van der Waals surface area contributed by atoms with Crippen LogP contribution in [-0.4, -0.2) is 15.7 Å². The average Bonchev–Trinajstić information content (AvgIpc) is 2.59. The van der Waals surface area contributed by atoms with Crippen molar-refractivity contribution < 1.29 is 4.79 Å². The first-order valence-corrected chi connectivity index (χ1v) is 4.29. The van der Waals surface area contributed by atoms with Crippen LogP contribution in [-0.2, 0) is 18.4 Å². The molecule has 0 radical (unpaired) electrons. The van der Waals surface area contributed by atoms with Gasteiger partial charge in [0.05, 0.1) is 18.3 Å². The largest absolute Gasteiger partial charge is 0.349 e. The van der Waals surface area contributed by atoms with Gasteiger partial charge in [-0.15, -0.1) is 0 Å². The molecule has 0 spiro atoms. The summed E-state index contributed by atoms with van der Waals surface area (Å²) in [5.74, 6) is -0.878. The normalized spacial score (nSPS) is 11.8. The van der Waals surface area contributed by atoms with E-state index in [-0.39, 0.29) is 5.91 Å². The highest BCUT2D eigenvalue weighted by Gasteiger charge is 2.10. The first-order chi connectivity index (χ1) is 6.63. The molecule has 5 heteroatoms. The monoisotopic (exact) mass is 192 g/mol. The van der Waals surface area contributed by atoms with Crippen molar-refractivity contribution in [3.63, 3.8) is 0 Å². The summed E-state index contributed by atoms with van der Waals surface area (Å²) in [6, 6.07) is 3.69. The Morgan fingerprint density at radius 1 is 1.86 bits per heavy atom. The van der Waals surface area contributed by atoms with Gasteiger partial charge in [-0.1, -0.05) is 0 Å². The predicted octanol–water partition coefficient (Wildman–Crippen LogP) is 0.196. The minimum absolute atomic E-state index is 0.266. The van der Waals surface area contributed by atoms with Gasteiger partial charge in [-0.3, -0.25) is 9.48 Å². The first kappa shape index (κ1) is 10.3. The summed E-state index contributed by atoms with van der Waals surface area (Å²) in [6.07, 6.45) is 1.80. The van der Waals surface area contributed by atoms with Crippen LogP contribution in [0.4, 0.5) is 0 Å². The number of aromatic nitrogens is 2. The Morgan fingerprint density at radius 3 is 3.07 bits per heavy atom. The van der Waals surface area contributed by atoms with Gasteiger partial charge in [-0.2, -0.15) is 10.4 Å². The Balaban J connectivity index is 2.42. The van der Waals surface area contributed by atoms with Crippen LogP contribution >= 0.6 is 0 Å². The number of aryl methyl sites for hydroxylation is 1. The Labute approximate surface area is 82.3 Å². The third kappa shape index (κ3) is 2.59. The molecule has 1 aromatic rings. The Hall–Kier alpha value is -1.83. The van der Waals surface area contributed by atoms with Crippen molar-refractivity contribution >= 4 is 5.91 Å². The summed E-state index contributed by atoms with van der Waals surface area (Å²) in [7, 11) is 1.81. The fourth-order valence-corrected chi connectivity index (χ4v) is 0.947. The molecule has 0 aliphatic rings. The second kappa shape index (κ2) is 4.42. The van der Waals surface area contributed by atoms with Gasteiger partial charge >= 0.3 is 0 Å². The second-order valence-electron chi connectivity index (χ2n) is 3.05. The summed E-state index contributed by atoms with van der Waals surface area (Å²) in [5.41, 5.74) is 0.783. The highest BCUT2D eigenvalue weighted by atomic mass is 16.1. The Morgan fingerprint density at radius 2 is 2.57 bits per heavy atom. The SMILES string of the molecule is CC(C#N)C(=O)NCc1ccn(C)n1. The Kier molecular flexibility index (Phi) is 3.24. The molecule has 1 atom stereocenters. The molecule has 5 nitrogen and oxygen atoms in total. The number of hydrogen-bond acceptors (Lipinski definition) is 3. The molecule has 1 N–H and O–H groups in total.